The van der Waals surface area contributed by atoms with Crippen LogP contribution in [0.2, 0.25) is 0 Å². The van der Waals surface area contributed by atoms with E-state index in [1.807, 2.05) is 0 Å². The van der Waals surface area contributed by atoms with Crippen molar-refractivity contribution >= 4 is 42.5 Å². The van der Waals surface area contributed by atoms with E-state index in [-0.39, 0.29) is 10.8 Å². The molecule has 0 radical (unpaired) electrons. The van der Waals surface area contributed by atoms with Crippen LogP contribution < -0.4 is 0 Å². The van der Waals surface area contributed by atoms with Gasteiger partial charge in [-0.1, -0.05) is 6.07 Å². The van der Waals surface area contributed by atoms with Crippen LogP contribution in [0.15, 0.2) is 59.5 Å². The number of phenols is 1. The first-order chi connectivity index (χ1) is 12.5. The predicted molar refractivity (Wildman–Crippen MR) is 91.5 cm³/mol. The fourth-order valence-electron chi connectivity index (χ4n) is 2.29. The number of azo groups is 2. The maximum atomic E-state index is 11.5. The van der Waals surface area contributed by atoms with Crippen molar-refractivity contribution in [3.8, 4) is 5.75 Å². The molecule has 142 valence electrons. The van der Waals surface area contributed by atoms with E-state index in [9.17, 15) is 31.0 Å². The molecule has 1 heterocycles. The van der Waals surface area contributed by atoms with Gasteiger partial charge >= 0.3 is 0 Å². The van der Waals surface area contributed by atoms with Crippen LogP contribution >= 0.6 is 0 Å². The second-order valence-corrected chi connectivity index (χ2v) is 8.17. The average Bonchev–Trinajstić information content (AvgIpc) is 2.96. The summed E-state index contributed by atoms with van der Waals surface area (Å²) in [5.74, 6) is -0.634. The summed E-state index contributed by atoms with van der Waals surface area (Å²) in [6, 6.07) is 4.08. The third kappa shape index (κ3) is 3.82. The van der Waals surface area contributed by atoms with Gasteiger partial charge in [0.15, 0.2) is 5.75 Å². The molecule has 0 spiro atoms. The molecule has 1 unspecified atom stereocenters. The molecule has 0 bridgehead atoms. The molecule has 0 aliphatic carbocycles. The minimum absolute atomic E-state index is 0.0468. The van der Waals surface area contributed by atoms with Gasteiger partial charge in [0.05, 0.1) is 4.90 Å². The number of rotatable bonds is 4. The summed E-state index contributed by atoms with van der Waals surface area (Å²) in [4.78, 5) is 2.51. The molecule has 1 aliphatic rings. The highest BCUT2D eigenvalue weighted by Crippen LogP contribution is 2.41. The zero-order valence-corrected chi connectivity index (χ0v) is 15.0. The zero-order valence-electron chi connectivity index (χ0n) is 13.4. The Morgan fingerprint density at radius 1 is 1.07 bits per heavy atom. The number of nitrogens with zero attached hydrogens (tertiary/aromatic N) is 5. The molecule has 27 heavy (non-hydrogen) atoms. The van der Waals surface area contributed by atoms with Gasteiger partial charge in [0.2, 0.25) is 0 Å². The van der Waals surface area contributed by atoms with Crippen molar-refractivity contribution in [1.29, 1.82) is 0 Å². The van der Waals surface area contributed by atoms with Crippen LogP contribution in [-0.2, 0) is 20.2 Å². The van der Waals surface area contributed by atoms with Crippen molar-refractivity contribution in [3.05, 3.63) is 24.3 Å². The van der Waals surface area contributed by atoms with Gasteiger partial charge in [-0.3, -0.25) is 9.11 Å². The Morgan fingerprint density at radius 3 is 2.33 bits per heavy atom. The number of benzene rings is 2. The Bertz CT molecular complexity index is 1250. The number of aromatic hydroxyl groups is 1. The lowest BCUT2D eigenvalue weighted by Crippen LogP contribution is -2.00. The average molecular weight is 413 g/mol. The minimum Gasteiger partial charge on any atom is -0.504 e. The summed E-state index contributed by atoms with van der Waals surface area (Å²) < 4.78 is 64.2. The van der Waals surface area contributed by atoms with Crippen molar-refractivity contribution in [2.24, 2.45) is 25.4 Å². The van der Waals surface area contributed by atoms with E-state index in [0.29, 0.717) is 5.84 Å². The summed E-state index contributed by atoms with van der Waals surface area (Å²) in [7, 11) is -9.40. The fraction of sp³-hybridized carbons (Fsp3) is 0.154. The predicted octanol–water partition coefficient (Wildman–Crippen LogP) is 2.29. The largest absolute Gasteiger partial charge is 0.504 e. The highest BCUT2D eigenvalue weighted by Gasteiger charge is 2.23. The third-order valence-corrected chi connectivity index (χ3v) is 5.19. The Morgan fingerprint density at radius 2 is 1.78 bits per heavy atom. The van der Waals surface area contributed by atoms with Crippen molar-refractivity contribution in [2.45, 2.75) is 23.0 Å². The van der Waals surface area contributed by atoms with Crippen molar-refractivity contribution < 1.29 is 31.0 Å². The number of hydrogen-bond acceptors (Lipinski definition) is 10. The van der Waals surface area contributed by atoms with Crippen LogP contribution in [0.5, 0.6) is 5.75 Å². The van der Waals surface area contributed by atoms with Crippen molar-refractivity contribution in [2.75, 3.05) is 0 Å². The Labute approximate surface area is 152 Å². The summed E-state index contributed by atoms with van der Waals surface area (Å²) in [6.45, 7) is 1.56. The van der Waals surface area contributed by atoms with Gasteiger partial charge in [-0.2, -0.15) is 16.8 Å². The monoisotopic (exact) mass is 413 g/mol. The van der Waals surface area contributed by atoms with Crippen LogP contribution in [0.3, 0.4) is 0 Å². The second kappa shape index (κ2) is 6.41. The van der Waals surface area contributed by atoms with Crippen LogP contribution in [0, 0.1) is 0 Å². The quantitative estimate of drug-likeness (QED) is 0.505. The number of phenolic OH excluding ortho intramolecular Hbond substituents is 1. The van der Waals surface area contributed by atoms with E-state index < -0.39 is 47.8 Å². The minimum atomic E-state index is -4.82. The SMILES string of the molecule is CC1=NC(N=Nc2c(O)c(S(=O)(=O)O)cc3ccc(S(=O)(=O)O)cc23)N=N1. The Balaban J connectivity index is 2.30. The van der Waals surface area contributed by atoms with Gasteiger partial charge in [0.25, 0.3) is 26.5 Å². The van der Waals surface area contributed by atoms with Gasteiger partial charge in [-0.15, -0.1) is 20.5 Å². The number of amidine groups is 1. The fourth-order valence-corrected chi connectivity index (χ4v) is 3.41. The molecule has 0 saturated heterocycles. The van der Waals surface area contributed by atoms with Crippen LogP contribution in [0.4, 0.5) is 5.69 Å². The molecule has 0 saturated carbocycles. The van der Waals surface area contributed by atoms with Gasteiger partial charge in [-0.05, 0) is 30.5 Å². The van der Waals surface area contributed by atoms with Gasteiger partial charge in [0, 0.05) is 5.39 Å². The lowest BCUT2D eigenvalue weighted by atomic mass is 10.1. The molecule has 1 atom stereocenters. The molecular weight excluding hydrogens is 402 g/mol. The summed E-state index contributed by atoms with van der Waals surface area (Å²) in [5, 5.41) is 25.0. The molecule has 1 aliphatic heterocycles. The maximum Gasteiger partial charge on any atom is 0.298 e. The molecule has 0 amide bonds. The first-order valence-electron chi connectivity index (χ1n) is 7.07. The topological polar surface area (TPSA) is 191 Å². The van der Waals surface area contributed by atoms with E-state index in [1.165, 1.54) is 6.07 Å². The number of aliphatic imine (C=N–C) groups is 1. The van der Waals surface area contributed by atoms with E-state index in [4.69, 9.17) is 0 Å². The zero-order chi connectivity index (χ0) is 20.0. The van der Waals surface area contributed by atoms with Crippen LogP contribution in [0.25, 0.3) is 10.8 Å². The van der Waals surface area contributed by atoms with Crippen LogP contribution in [-0.4, -0.2) is 43.2 Å². The lowest BCUT2D eigenvalue weighted by Gasteiger charge is -2.09. The van der Waals surface area contributed by atoms with E-state index in [1.54, 1.807) is 6.92 Å². The smallest absolute Gasteiger partial charge is 0.298 e. The molecular formula is C13H11N5O7S2. The highest BCUT2D eigenvalue weighted by molar-refractivity contribution is 7.86. The molecule has 3 rings (SSSR count). The first-order valence-corrected chi connectivity index (χ1v) is 9.95. The molecule has 2 aromatic rings. The molecule has 12 nitrogen and oxygen atoms in total. The molecule has 0 aromatic heterocycles. The van der Waals surface area contributed by atoms with Gasteiger partial charge in [0.1, 0.15) is 16.4 Å². The van der Waals surface area contributed by atoms with E-state index in [0.717, 1.165) is 18.2 Å². The summed E-state index contributed by atoms with van der Waals surface area (Å²) in [6.07, 6.45) is -1.06. The first kappa shape index (κ1) is 19.0. The van der Waals surface area contributed by atoms with Gasteiger partial charge < -0.3 is 5.11 Å². The molecule has 14 heteroatoms. The molecule has 2 aromatic carbocycles. The molecule has 3 N–H and O–H groups in total. The van der Waals surface area contributed by atoms with E-state index in [2.05, 4.69) is 25.4 Å². The second-order valence-electron chi connectivity index (χ2n) is 5.36. The Hall–Kier alpha value is -2.81. The normalized spacial score (nSPS) is 17.7. The summed E-state index contributed by atoms with van der Waals surface area (Å²) >= 11 is 0. The third-order valence-electron chi connectivity index (χ3n) is 3.47. The number of fused-ring (bicyclic) bond motifs is 1. The Kier molecular flexibility index (Phi) is 4.51. The summed E-state index contributed by atoms with van der Waals surface area (Å²) in [5.41, 5.74) is -0.458. The van der Waals surface area contributed by atoms with Crippen molar-refractivity contribution in [3.63, 3.8) is 0 Å². The standard InChI is InChI=1S/C13H11N5O7S2/c1-6-14-13(17-15-6)18-16-11-9-5-8(26(20,21)22)3-2-7(9)4-10(12(11)19)27(23,24)25/h2-5,13,19H,1H3,(H,20,21,22)(H,23,24,25). The van der Waals surface area contributed by atoms with E-state index >= 15 is 0 Å². The van der Waals surface area contributed by atoms with Crippen molar-refractivity contribution in [1.82, 2.24) is 0 Å². The van der Waals surface area contributed by atoms with Gasteiger partial charge in [-0.25, -0.2) is 4.99 Å². The number of hydrogen-bond donors (Lipinski definition) is 3. The maximum absolute atomic E-state index is 11.5. The lowest BCUT2D eigenvalue weighted by molar-refractivity contribution is 0.444. The van der Waals surface area contributed by atoms with Crippen LogP contribution in [0.1, 0.15) is 6.92 Å². The molecule has 0 fully saturated rings. The highest BCUT2D eigenvalue weighted by atomic mass is 32.2.